The molecular weight excluding hydrogens is 370 g/mol. The smallest absolute Gasteiger partial charge is 0.375 e. The standard InChI is InChI=1S/C23H29NO5/c1-2-27-14-19-18-9-5-6-10-20(18)29-22(19)23(26)28-15-21(25)24-12-11-16-7-3-4-8-17(16)13-24/h5-6,9-10,16-17H,2-4,7-8,11-15H2,1H3/t16-,17+/m0/s1. The molecule has 2 atom stereocenters. The van der Waals surface area contributed by atoms with Gasteiger partial charge >= 0.3 is 5.97 Å². The number of benzene rings is 1. The van der Waals surface area contributed by atoms with Gasteiger partial charge < -0.3 is 18.8 Å². The van der Waals surface area contributed by atoms with Crippen LogP contribution in [-0.4, -0.2) is 43.1 Å². The predicted molar refractivity (Wildman–Crippen MR) is 108 cm³/mol. The number of piperidine rings is 1. The molecule has 4 rings (SSSR count). The van der Waals surface area contributed by atoms with Crippen molar-refractivity contribution in [3.05, 3.63) is 35.6 Å². The Labute approximate surface area is 171 Å². The molecule has 1 aromatic carbocycles. The Balaban J connectivity index is 1.40. The maximum Gasteiger partial charge on any atom is 0.375 e. The number of nitrogens with zero attached hydrogens (tertiary/aromatic N) is 1. The zero-order valence-corrected chi connectivity index (χ0v) is 17.0. The van der Waals surface area contributed by atoms with Gasteiger partial charge in [0.1, 0.15) is 5.58 Å². The highest BCUT2D eigenvalue weighted by Crippen LogP contribution is 2.36. The fraction of sp³-hybridized carbons (Fsp3) is 0.565. The third-order valence-corrected chi connectivity index (χ3v) is 6.30. The van der Waals surface area contributed by atoms with Gasteiger partial charge in [0, 0.05) is 30.6 Å². The summed E-state index contributed by atoms with van der Waals surface area (Å²) in [7, 11) is 0. The highest BCUT2D eigenvalue weighted by molar-refractivity contribution is 5.96. The van der Waals surface area contributed by atoms with Crippen molar-refractivity contribution in [1.29, 1.82) is 0 Å². The van der Waals surface area contributed by atoms with Crippen LogP contribution in [-0.2, 0) is 20.9 Å². The highest BCUT2D eigenvalue weighted by atomic mass is 16.5. The first-order chi connectivity index (χ1) is 14.2. The summed E-state index contributed by atoms with van der Waals surface area (Å²) in [4.78, 5) is 27.2. The van der Waals surface area contributed by atoms with Crippen LogP contribution >= 0.6 is 0 Å². The number of rotatable bonds is 6. The summed E-state index contributed by atoms with van der Waals surface area (Å²) in [5.41, 5.74) is 1.28. The minimum atomic E-state index is -0.614. The number of ether oxygens (including phenoxy) is 2. The largest absolute Gasteiger partial charge is 0.450 e. The van der Waals surface area contributed by atoms with Gasteiger partial charge in [0.05, 0.1) is 6.61 Å². The van der Waals surface area contributed by atoms with Crippen molar-refractivity contribution in [2.24, 2.45) is 11.8 Å². The lowest BCUT2D eigenvalue weighted by Gasteiger charge is -2.41. The van der Waals surface area contributed by atoms with Crippen LogP contribution in [0.2, 0.25) is 0 Å². The second-order valence-electron chi connectivity index (χ2n) is 8.05. The number of para-hydroxylation sites is 1. The molecule has 0 spiro atoms. The molecule has 156 valence electrons. The van der Waals surface area contributed by atoms with Crippen molar-refractivity contribution < 1.29 is 23.5 Å². The van der Waals surface area contributed by atoms with Crippen LogP contribution in [0.15, 0.2) is 28.7 Å². The second-order valence-corrected chi connectivity index (χ2v) is 8.05. The van der Waals surface area contributed by atoms with Crippen molar-refractivity contribution in [3.8, 4) is 0 Å². The number of likely N-dealkylation sites (tertiary alicyclic amines) is 1. The van der Waals surface area contributed by atoms with Gasteiger partial charge in [-0.1, -0.05) is 37.5 Å². The molecule has 1 amide bonds. The van der Waals surface area contributed by atoms with Gasteiger partial charge in [-0.3, -0.25) is 4.79 Å². The lowest BCUT2D eigenvalue weighted by molar-refractivity contribution is -0.137. The molecule has 2 aliphatic rings. The fourth-order valence-electron chi connectivity index (χ4n) is 4.72. The van der Waals surface area contributed by atoms with Crippen LogP contribution in [0.5, 0.6) is 0 Å². The maximum atomic E-state index is 12.7. The van der Waals surface area contributed by atoms with Crippen LogP contribution in [0.3, 0.4) is 0 Å². The topological polar surface area (TPSA) is 69.0 Å². The first kappa shape index (κ1) is 20.0. The monoisotopic (exact) mass is 399 g/mol. The molecule has 0 N–H and O–H groups in total. The Kier molecular flexibility index (Phi) is 6.19. The number of amides is 1. The van der Waals surface area contributed by atoms with Crippen molar-refractivity contribution in [1.82, 2.24) is 4.90 Å². The molecule has 0 bridgehead atoms. The average molecular weight is 399 g/mol. The molecule has 6 heteroatoms. The Bertz CT molecular complexity index is 873. The molecular formula is C23H29NO5. The van der Waals surface area contributed by atoms with Crippen LogP contribution in [0.4, 0.5) is 0 Å². The molecule has 1 saturated carbocycles. The molecule has 6 nitrogen and oxygen atoms in total. The summed E-state index contributed by atoms with van der Waals surface area (Å²) in [5.74, 6) is 0.748. The number of esters is 1. The lowest BCUT2D eigenvalue weighted by atomic mass is 9.75. The normalized spacial score (nSPS) is 21.8. The van der Waals surface area contributed by atoms with Gasteiger partial charge in [-0.15, -0.1) is 0 Å². The van der Waals surface area contributed by atoms with Gasteiger partial charge in [-0.2, -0.15) is 0 Å². The second kappa shape index (κ2) is 8.99. The zero-order chi connectivity index (χ0) is 20.2. The third kappa shape index (κ3) is 4.32. The minimum Gasteiger partial charge on any atom is -0.450 e. The van der Waals surface area contributed by atoms with Crippen molar-refractivity contribution >= 4 is 22.8 Å². The Morgan fingerprint density at radius 2 is 1.93 bits per heavy atom. The van der Waals surface area contributed by atoms with E-state index >= 15 is 0 Å². The van der Waals surface area contributed by atoms with E-state index < -0.39 is 5.97 Å². The number of furan rings is 1. The molecule has 2 fully saturated rings. The zero-order valence-electron chi connectivity index (χ0n) is 17.0. The van der Waals surface area contributed by atoms with E-state index in [4.69, 9.17) is 13.9 Å². The number of fused-ring (bicyclic) bond motifs is 2. The number of carbonyl (C=O) groups is 2. The number of hydrogen-bond donors (Lipinski definition) is 0. The van der Waals surface area contributed by atoms with Crippen molar-refractivity contribution in [3.63, 3.8) is 0 Å². The van der Waals surface area contributed by atoms with Gasteiger partial charge in [0.25, 0.3) is 5.91 Å². The molecule has 1 saturated heterocycles. The summed E-state index contributed by atoms with van der Waals surface area (Å²) in [6.45, 7) is 4.00. The first-order valence-electron chi connectivity index (χ1n) is 10.7. The first-order valence-corrected chi connectivity index (χ1v) is 10.7. The molecule has 1 aromatic heterocycles. The van der Waals surface area contributed by atoms with Gasteiger partial charge in [0.15, 0.2) is 6.61 Å². The third-order valence-electron chi connectivity index (χ3n) is 6.30. The molecule has 0 unspecified atom stereocenters. The van der Waals surface area contributed by atoms with Crippen LogP contribution in [0.25, 0.3) is 11.0 Å². The Morgan fingerprint density at radius 3 is 2.76 bits per heavy atom. The highest BCUT2D eigenvalue weighted by Gasteiger charge is 2.33. The van der Waals surface area contributed by atoms with E-state index in [2.05, 4.69) is 0 Å². The summed E-state index contributed by atoms with van der Waals surface area (Å²) in [5, 5.41) is 0.832. The van der Waals surface area contributed by atoms with Crippen LogP contribution in [0, 0.1) is 11.8 Å². The lowest BCUT2D eigenvalue weighted by Crippen LogP contribution is -2.46. The van der Waals surface area contributed by atoms with E-state index in [-0.39, 0.29) is 24.9 Å². The quantitative estimate of drug-likeness (QED) is 0.682. The molecule has 0 radical (unpaired) electrons. The van der Waals surface area contributed by atoms with Crippen molar-refractivity contribution in [2.75, 3.05) is 26.3 Å². The number of carbonyl (C=O) groups excluding carboxylic acids is 2. The van der Waals surface area contributed by atoms with E-state index in [1.165, 1.54) is 25.7 Å². The summed E-state index contributed by atoms with van der Waals surface area (Å²) in [6.07, 6.45) is 6.12. The average Bonchev–Trinajstić information content (AvgIpc) is 3.14. The van der Waals surface area contributed by atoms with E-state index in [9.17, 15) is 9.59 Å². The minimum absolute atomic E-state index is 0.121. The predicted octanol–water partition coefficient (Wildman–Crippen LogP) is 4.16. The van der Waals surface area contributed by atoms with Gasteiger partial charge in [-0.05, 0) is 37.7 Å². The van der Waals surface area contributed by atoms with E-state index in [1.807, 2.05) is 30.0 Å². The van der Waals surface area contributed by atoms with E-state index in [1.54, 1.807) is 6.07 Å². The molecule has 29 heavy (non-hydrogen) atoms. The molecule has 2 heterocycles. The van der Waals surface area contributed by atoms with E-state index in [0.717, 1.165) is 30.8 Å². The maximum absolute atomic E-state index is 12.7. The SMILES string of the molecule is CCOCc1c(C(=O)OCC(=O)N2CC[C@@H]3CCCC[C@@H]3C2)oc2ccccc12. The molecule has 1 aliphatic heterocycles. The molecule has 2 aromatic rings. The summed E-state index contributed by atoms with van der Waals surface area (Å²) >= 11 is 0. The molecule has 1 aliphatic carbocycles. The van der Waals surface area contributed by atoms with E-state index in [0.29, 0.717) is 23.7 Å². The van der Waals surface area contributed by atoms with Crippen molar-refractivity contribution in [2.45, 2.75) is 45.6 Å². The van der Waals surface area contributed by atoms with Crippen LogP contribution < -0.4 is 0 Å². The fourth-order valence-corrected chi connectivity index (χ4v) is 4.72. The summed E-state index contributed by atoms with van der Waals surface area (Å²) in [6, 6.07) is 7.44. The van der Waals surface area contributed by atoms with Gasteiger partial charge in [0.2, 0.25) is 5.76 Å². The van der Waals surface area contributed by atoms with Gasteiger partial charge in [-0.25, -0.2) is 4.79 Å². The summed E-state index contributed by atoms with van der Waals surface area (Å²) < 4.78 is 16.6. The van der Waals surface area contributed by atoms with Crippen LogP contribution in [0.1, 0.15) is 55.1 Å². The number of hydrogen-bond acceptors (Lipinski definition) is 5. The Morgan fingerprint density at radius 1 is 1.14 bits per heavy atom. The Hall–Kier alpha value is -2.34.